The highest BCUT2D eigenvalue weighted by Gasteiger charge is 2.04. The minimum Gasteiger partial charge on any atom is -0.497 e. The Balaban J connectivity index is 2.38. The summed E-state index contributed by atoms with van der Waals surface area (Å²) in [6.07, 6.45) is 1.49. The van der Waals surface area contributed by atoms with Crippen LogP contribution in [0.15, 0.2) is 30.5 Å². The van der Waals surface area contributed by atoms with Crippen LogP contribution in [-0.2, 0) is 0 Å². The summed E-state index contributed by atoms with van der Waals surface area (Å²) in [7, 11) is 1.62. The van der Waals surface area contributed by atoms with Gasteiger partial charge in [0.1, 0.15) is 16.6 Å². The number of nitrogen functional groups attached to an aromatic ring is 1. The van der Waals surface area contributed by atoms with Crippen molar-refractivity contribution >= 4 is 17.4 Å². The van der Waals surface area contributed by atoms with Crippen LogP contribution in [0.4, 0.5) is 5.82 Å². The van der Waals surface area contributed by atoms with Crippen molar-refractivity contribution in [1.82, 2.24) is 9.97 Å². The van der Waals surface area contributed by atoms with Crippen molar-refractivity contribution in [2.24, 2.45) is 0 Å². The van der Waals surface area contributed by atoms with E-state index in [0.29, 0.717) is 10.8 Å². The van der Waals surface area contributed by atoms with Crippen molar-refractivity contribution in [2.75, 3.05) is 12.8 Å². The van der Waals surface area contributed by atoms with E-state index in [1.165, 1.54) is 6.20 Å². The van der Waals surface area contributed by atoms with Crippen LogP contribution in [0.2, 0.25) is 5.02 Å². The minimum absolute atomic E-state index is 0.280. The lowest BCUT2D eigenvalue weighted by Gasteiger charge is -2.03. The molecule has 0 radical (unpaired) electrons. The smallest absolute Gasteiger partial charge is 0.161 e. The normalized spacial score (nSPS) is 10.1. The van der Waals surface area contributed by atoms with Crippen LogP contribution >= 0.6 is 11.6 Å². The Morgan fingerprint density at radius 3 is 2.50 bits per heavy atom. The average Bonchev–Trinajstić information content (AvgIpc) is 2.33. The van der Waals surface area contributed by atoms with Gasteiger partial charge in [0.15, 0.2) is 5.82 Å². The van der Waals surface area contributed by atoms with Gasteiger partial charge in [0.2, 0.25) is 0 Å². The highest BCUT2D eigenvalue weighted by atomic mass is 35.5. The number of aromatic nitrogens is 2. The third-order valence-electron chi connectivity index (χ3n) is 2.12. The number of anilines is 1. The molecule has 1 aromatic heterocycles. The molecule has 0 amide bonds. The second kappa shape index (κ2) is 4.37. The molecule has 0 fully saturated rings. The summed E-state index contributed by atoms with van der Waals surface area (Å²) >= 11 is 5.75. The largest absolute Gasteiger partial charge is 0.497 e. The summed E-state index contributed by atoms with van der Waals surface area (Å²) in [6, 6.07) is 7.40. The van der Waals surface area contributed by atoms with Gasteiger partial charge in [0, 0.05) is 5.56 Å². The lowest BCUT2D eigenvalue weighted by atomic mass is 10.2. The number of nitrogens with two attached hydrogens (primary N) is 1. The number of hydrogen-bond acceptors (Lipinski definition) is 4. The van der Waals surface area contributed by atoms with E-state index in [1.807, 2.05) is 24.3 Å². The van der Waals surface area contributed by atoms with Crippen LogP contribution in [0.25, 0.3) is 11.4 Å². The van der Waals surface area contributed by atoms with Crippen molar-refractivity contribution in [1.29, 1.82) is 0 Å². The van der Waals surface area contributed by atoms with Gasteiger partial charge in [-0.15, -0.1) is 0 Å². The van der Waals surface area contributed by atoms with Crippen LogP contribution in [0.5, 0.6) is 5.75 Å². The van der Waals surface area contributed by atoms with E-state index < -0.39 is 0 Å². The van der Waals surface area contributed by atoms with Gasteiger partial charge in [0.05, 0.1) is 13.3 Å². The zero-order valence-electron chi connectivity index (χ0n) is 8.64. The lowest BCUT2D eigenvalue weighted by Crippen LogP contribution is -1.96. The van der Waals surface area contributed by atoms with Gasteiger partial charge >= 0.3 is 0 Å². The fourth-order valence-electron chi connectivity index (χ4n) is 1.26. The number of ether oxygens (including phenoxy) is 1. The van der Waals surface area contributed by atoms with E-state index in [1.54, 1.807) is 7.11 Å². The van der Waals surface area contributed by atoms with E-state index in [9.17, 15) is 0 Å². The summed E-state index contributed by atoms with van der Waals surface area (Å²) in [5, 5.41) is 0.359. The number of rotatable bonds is 2. The van der Waals surface area contributed by atoms with Crippen molar-refractivity contribution in [2.45, 2.75) is 0 Å². The lowest BCUT2D eigenvalue weighted by molar-refractivity contribution is 0.415. The molecule has 0 atom stereocenters. The molecule has 1 heterocycles. The molecule has 1 aromatic carbocycles. The Kier molecular flexibility index (Phi) is 2.92. The number of hydrogen-bond donors (Lipinski definition) is 1. The first-order valence-corrected chi connectivity index (χ1v) is 5.01. The standard InChI is InChI=1S/C11H10ClN3O/c1-16-8-4-2-7(3-5-8)11-14-6-9(12)10(13)15-11/h2-6H,1H3,(H2,13,14,15). The topological polar surface area (TPSA) is 61.0 Å². The van der Waals surface area contributed by atoms with Crippen LogP contribution in [0.3, 0.4) is 0 Å². The molecule has 0 saturated carbocycles. The van der Waals surface area contributed by atoms with E-state index >= 15 is 0 Å². The summed E-state index contributed by atoms with van der Waals surface area (Å²) in [6.45, 7) is 0. The third-order valence-corrected chi connectivity index (χ3v) is 2.41. The molecule has 16 heavy (non-hydrogen) atoms. The minimum atomic E-state index is 0.280. The van der Waals surface area contributed by atoms with E-state index in [0.717, 1.165) is 11.3 Å². The highest BCUT2D eigenvalue weighted by molar-refractivity contribution is 6.32. The Hall–Kier alpha value is -1.81. The van der Waals surface area contributed by atoms with Crippen LogP contribution < -0.4 is 10.5 Å². The Bertz CT molecular complexity index is 499. The molecule has 0 aliphatic rings. The van der Waals surface area contributed by atoms with Gasteiger partial charge in [-0.2, -0.15) is 0 Å². The summed E-state index contributed by atoms with van der Waals surface area (Å²) in [5.41, 5.74) is 6.47. The highest BCUT2D eigenvalue weighted by Crippen LogP contribution is 2.22. The summed E-state index contributed by atoms with van der Waals surface area (Å²) < 4.78 is 5.06. The van der Waals surface area contributed by atoms with E-state index in [-0.39, 0.29) is 5.82 Å². The summed E-state index contributed by atoms with van der Waals surface area (Å²) in [4.78, 5) is 8.19. The molecular formula is C11H10ClN3O. The maximum absolute atomic E-state index is 5.75. The maximum Gasteiger partial charge on any atom is 0.161 e. The van der Waals surface area contributed by atoms with Crippen LogP contribution in [0, 0.1) is 0 Å². The SMILES string of the molecule is COc1ccc(-c2ncc(Cl)c(N)n2)cc1. The summed E-state index contributed by atoms with van der Waals surface area (Å²) in [5.74, 6) is 1.61. The first-order chi connectivity index (χ1) is 7.70. The van der Waals surface area contributed by atoms with E-state index in [2.05, 4.69) is 9.97 Å². The molecule has 4 nitrogen and oxygen atoms in total. The molecule has 2 aromatic rings. The quantitative estimate of drug-likeness (QED) is 0.868. The molecule has 0 saturated heterocycles. The predicted octanol–water partition coefficient (Wildman–Crippen LogP) is 2.39. The zero-order chi connectivity index (χ0) is 11.5. The van der Waals surface area contributed by atoms with Crippen molar-refractivity contribution in [3.63, 3.8) is 0 Å². The van der Waals surface area contributed by atoms with Crippen molar-refractivity contribution in [3.8, 4) is 17.1 Å². The molecular weight excluding hydrogens is 226 g/mol. The second-order valence-corrected chi connectivity index (χ2v) is 3.56. The Labute approximate surface area is 98.0 Å². The zero-order valence-corrected chi connectivity index (χ0v) is 9.40. The number of nitrogens with zero attached hydrogens (tertiary/aromatic N) is 2. The second-order valence-electron chi connectivity index (χ2n) is 3.16. The Morgan fingerprint density at radius 1 is 1.25 bits per heavy atom. The molecule has 0 aliphatic carbocycles. The molecule has 82 valence electrons. The van der Waals surface area contributed by atoms with Gasteiger partial charge in [0.25, 0.3) is 0 Å². The van der Waals surface area contributed by atoms with Crippen LogP contribution in [0.1, 0.15) is 0 Å². The number of benzene rings is 1. The van der Waals surface area contributed by atoms with Gasteiger partial charge in [-0.25, -0.2) is 9.97 Å². The van der Waals surface area contributed by atoms with Crippen LogP contribution in [-0.4, -0.2) is 17.1 Å². The van der Waals surface area contributed by atoms with E-state index in [4.69, 9.17) is 22.1 Å². The maximum atomic E-state index is 5.75. The van der Waals surface area contributed by atoms with Crippen molar-refractivity contribution in [3.05, 3.63) is 35.5 Å². The first kappa shape index (κ1) is 10.7. The van der Waals surface area contributed by atoms with Gasteiger partial charge in [-0.1, -0.05) is 11.6 Å². The molecule has 0 unspecified atom stereocenters. The molecule has 0 aliphatic heterocycles. The molecule has 2 rings (SSSR count). The molecule has 2 N–H and O–H groups in total. The fraction of sp³-hybridized carbons (Fsp3) is 0.0909. The van der Waals surface area contributed by atoms with Gasteiger partial charge in [-0.05, 0) is 24.3 Å². The average molecular weight is 236 g/mol. The first-order valence-electron chi connectivity index (χ1n) is 4.63. The van der Waals surface area contributed by atoms with Gasteiger partial charge in [-0.3, -0.25) is 0 Å². The molecule has 0 bridgehead atoms. The predicted molar refractivity (Wildman–Crippen MR) is 63.4 cm³/mol. The molecule has 5 heteroatoms. The van der Waals surface area contributed by atoms with Gasteiger partial charge < -0.3 is 10.5 Å². The fourth-order valence-corrected chi connectivity index (χ4v) is 1.35. The molecule has 0 spiro atoms. The number of halogens is 1. The third kappa shape index (κ3) is 2.06. The van der Waals surface area contributed by atoms with Crippen molar-refractivity contribution < 1.29 is 4.74 Å². The number of methoxy groups -OCH3 is 1. The Morgan fingerprint density at radius 2 is 1.94 bits per heavy atom. The monoisotopic (exact) mass is 235 g/mol.